The second-order valence-corrected chi connectivity index (χ2v) is 6.13. The zero-order chi connectivity index (χ0) is 14.6. The molecule has 0 unspecified atom stereocenters. The summed E-state index contributed by atoms with van der Waals surface area (Å²) in [6, 6.07) is 5.09. The number of ether oxygens (including phenoxy) is 2. The number of benzene rings is 1. The molecule has 1 fully saturated rings. The molecule has 1 N–H and O–H groups in total. The first-order valence-electron chi connectivity index (χ1n) is 6.46. The summed E-state index contributed by atoms with van der Waals surface area (Å²) in [6.07, 6.45) is 4.60. The Morgan fingerprint density at radius 3 is 2.65 bits per heavy atom. The topological polar surface area (TPSA) is 30.5 Å². The number of methoxy groups -OCH3 is 1. The number of halogens is 2. The van der Waals surface area contributed by atoms with Gasteiger partial charge in [0.05, 0.1) is 7.11 Å². The highest BCUT2D eigenvalue weighted by atomic mass is 32.2. The molecule has 112 valence electrons. The molecule has 1 saturated carbocycles. The Morgan fingerprint density at radius 2 is 2.10 bits per heavy atom. The van der Waals surface area contributed by atoms with Gasteiger partial charge in [0.25, 0.3) is 0 Å². The summed E-state index contributed by atoms with van der Waals surface area (Å²) in [5.41, 5.74) is 0.901. The average Bonchev–Trinajstić information content (AvgIpc) is 3.19. The molecule has 0 aromatic heterocycles. The van der Waals surface area contributed by atoms with Crippen LogP contribution in [0.4, 0.5) is 8.78 Å². The van der Waals surface area contributed by atoms with Crippen molar-refractivity contribution in [2.24, 2.45) is 0 Å². The third kappa shape index (κ3) is 3.99. The van der Waals surface area contributed by atoms with E-state index in [0.29, 0.717) is 17.0 Å². The molecule has 0 saturated heterocycles. The van der Waals surface area contributed by atoms with E-state index >= 15 is 0 Å². The van der Waals surface area contributed by atoms with Gasteiger partial charge < -0.3 is 14.8 Å². The highest BCUT2D eigenvalue weighted by Gasteiger charge is 2.41. The maximum Gasteiger partial charge on any atom is 0.387 e. The highest BCUT2D eigenvalue weighted by Crippen LogP contribution is 2.46. The van der Waals surface area contributed by atoms with Crippen LogP contribution in [0.3, 0.4) is 0 Å². The maximum atomic E-state index is 12.3. The summed E-state index contributed by atoms with van der Waals surface area (Å²) in [6.45, 7) is -1.28. The van der Waals surface area contributed by atoms with E-state index in [2.05, 4.69) is 16.3 Å². The van der Waals surface area contributed by atoms with E-state index in [1.165, 1.54) is 20.0 Å². The summed E-state index contributed by atoms with van der Waals surface area (Å²) >= 11 is 1.88. The van der Waals surface area contributed by atoms with Crippen LogP contribution < -0.4 is 14.8 Å². The van der Waals surface area contributed by atoms with E-state index < -0.39 is 6.61 Å². The van der Waals surface area contributed by atoms with Gasteiger partial charge in [-0.1, -0.05) is 6.07 Å². The number of alkyl halides is 2. The molecular weight excluding hydrogens is 284 g/mol. The monoisotopic (exact) mass is 303 g/mol. The van der Waals surface area contributed by atoms with Crippen molar-refractivity contribution in [3.63, 3.8) is 0 Å². The fourth-order valence-corrected chi connectivity index (χ4v) is 2.80. The fraction of sp³-hybridized carbons (Fsp3) is 0.571. The molecule has 0 atom stereocenters. The van der Waals surface area contributed by atoms with Gasteiger partial charge in [-0.3, -0.25) is 0 Å². The molecular formula is C14H19F2NO2S. The number of nitrogens with one attached hydrogen (secondary N) is 1. The van der Waals surface area contributed by atoms with Crippen LogP contribution in [0.1, 0.15) is 18.4 Å². The first-order valence-corrected chi connectivity index (χ1v) is 7.69. The molecule has 1 aliphatic rings. The van der Waals surface area contributed by atoms with Crippen molar-refractivity contribution in [1.29, 1.82) is 0 Å². The van der Waals surface area contributed by atoms with Crippen molar-refractivity contribution >= 4 is 11.8 Å². The van der Waals surface area contributed by atoms with E-state index in [1.54, 1.807) is 12.1 Å². The van der Waals surface area contributed by atoms with Crippen molar-refractivity contribution in [3.8, 4) is 11.5 Å². The molecule has 0 amide bonds. The molecule has 0 radical (unpaired) electrons. The number of hydrogen-bond donors (Lipinski definition) is 1. The van der Waals surface area contributed by atoms with Crippen LogP contribution in [-0.4, -0.2) is 31.3 Å². The van der Waals surface area contributed by atoms with Gasteiger partial charge in [-0.15, -0.1) is 0 Å². The molecule has 2 rings (SSSR count). The minimum Gasteiger partial charge on any atom is -0.493 e. The van der Waals surface area contributed by atoms with Crippen LogP contribution in [0.25, 0.3) is 0 Å². The Morgan fingerprint density at radius 1 is 1.35 bits per heavy atom. The molecule has 3 nitrogen and oxygen atoms in total. The predicted molar refractivity (Wildman–Crippen MR) is 76.8 cm³/mol. The Labute approximate surface area is 122 Å². The van der Waals surface area contributed by atoms with E-state index in [1.807, 2.05) is 17.8 Å². The van der Waals surface area contributed by atoms with Crippen molar-refractivity contribution in [2.45, 2.75) is 30.7 Å². The second-order valence-electron chi connectivity index (χ2n) is 4.85. The minimum absolute atomic E-state index is 0.0767. The average molecular weight is 303 g/mol. The Hall–Kier alpha value is -1.01. The number of hydrogen-bond acceptors (Lipinski definition) is 4. The highest BCUT2D eigenvalue weighted by molar-refractivity contribution is 8.00. The predicted octanol–water partition coefficient (Wildman–Crippen LogP) is 3.28. The molecule has 1 aromatic rings. The number of thioether (sulfide) groups is 1. The van der Waals surface area contributed by atoms with Crippen molar-refractivity contribution < 1.29 is 18.3 Å². The zero-order valence-corrected chi connectivity index (χ0v) is 12.4. The second kappa shape index (κ2) is 6.63. The van der Waals surface area contributed by atoms with Crippen LogP contribution in [-0.2, 0) is 6.54 Å². The normalized spacial score (nSPS) is 16.2. The summed E-state index contributed by atoms with van der Waals surface area (Å²) < 4.78 is 34.5. The number of rotatable bonds is 8. The van der Waals surface area contributed by atoms with Gasteiger partial charge in [0, 0.05) is 17.8 Å². The summed E-state index contributed by atoms with van der Waals surface area (Å²) in [7, 11) is 1.43. The van der Waals surface area contributed by atoms with Gasteiger partial charge in [0.2, 0.25) is 0 Å². The molecule has 1 aliphatic carbocycles. The van der Waals surface area contributed by atoms with Gasteiger partial charge in [-0.2, -0.15) is 20.5 Å². The van der Waals surface area contributed by atoms with Gasteiger partial charge in [-0.25, -0.2) is 0 Å². The zero-order valence-electron chi connectivity index (χ0n) is 11.6. The Balaban J connectivity index is 1.94. The SMILES string of the molecule is COc1ccc(CNCC2(SC)CC2)cc1OC(F)F. The standard InChI is InChI=1S/C14H19F2NO2S/c1-18-11-4-3-10(7-12(11)19-13(15)16)8-17-9-14(20-2)5-6-14/h3-4,7,13,17H,5-6,8-9H2,1-2H3. The lowest BCUT2D eigenvalue weighted by atomic mass is 10.2. The molecule has 0 aliphatic heterocycles. The quantitative estimate of drug-likeness (QED) is 0.798. The Bertz CT molecular complexity index is 453. The molecule has 0 spiro atoms. The van der Waals surface area contributed by atoms with E-state index in [-0.39, 0.29) is 5.75 Å². The van der Waals surface area contributed by atoms with Crippen LogP contribution in [0.2, 0.25) is 0 Å². The van der Waals surface area contributed by atoms with Gasteiger partial charge in [-0.05, 0) is 36.8 Å². The fourth-order valence-electron chi connectivity index (χ4n) is 2.05. The van der Waals surface area contributed by atoms with Gasteiger partial charge in [0.1, 0.15) is 0 Å². The third-order valence-corrected chi connectivity index (χ3v) is 4.88. The van der Waals surface area contributed by atoms with Crippen LogP contribution >= 0.6 is 11.8 Å². The molecule has 6 heteroatoms. The largest absolute Gasteiger partial charge is 0.493 e. The van der Waals surface area contributed by atoms with Crippen molar-refractivity contribution in [2.75, 3.05) is 19.9 Å². The third-order valence-electron chi connectivity index (χ3n) is 3.46. The Kier molecular flexibility index (Phi) is 5.10. The minimum atomic E-state index is -2.85. The molecule has 1 aromatic carbocycles. The first kappa shape index (κ1) is 15.4. The molecule has 20 heavy (non-hydrogen) atoms. The van der Waals surface area contributed by atoms with Crippen LogP contribution in [0, 0.1) is 0 Å². The summed E-state index contributed by atoms with van der Waals surface area (Å²) in [5, 5.41) is 3.37. The maximum absolute atomic E-state index is 12.3. The summed E-state index contributed by atoms with van der Waals surface area (Å²) in [4.78, 5) is 0. The van der Waals surface area contributed by atoms with Gasteiger partial charge >= 0.3 is 6.61 Å². The lowest BCUT2D eigenvalue weighted by Gasteiger charge is -2.14. The lowest BCUT2D eigenvalue weighted by molar-refractivity contribution is -0.0512. The lowest BCUT2D eigenvalue weighted by Crippen LogP contribution is -2.25. The van der Waals surface area contributed by atoms with E-state index in [0.717, 1.165) is 12.1 Å². The van der Waals surface area contributed by atoms with Crippen LogP contribution in [0.5, 0.6) is 11.5 Å². The van der Waals surface area contributed by atoms with Crippen molar-refractivity contribution in [3.05, 3.63) is 23.8 Å². The molecule has 0 bridgehead atoms. The molecule has 0 heterocycles. The van der Waals surface area contributed by atoms with E-state index in [4.69, 9.17) is 4.74 Å². The van der Waals surface area contributed by atoms with E-state index in [9.17, 15) is 8.78 Å². The summed E-state index contributed by atoms with van der Waals surface area (Å²) in [5.74, 6) is 0.393. The van der Waals surface area contributed by atoms with Crippen LogP contribution in [0.15, 0.2) is 18.2 Å². The van der Waals surface area contributed by atoms with Crippen molar-refractivity contribution in [1.82, 2.24) is 5.32 Å². The first-order chi connectivity index (χ1) is 9.58. The van der Waals surface area contributed by atoms with Gasteiger partial charge in [0.15, 0.2) is 11.5 Å². The smallest absolute Gasteiger partial charge is 0.387 e.